The van der Waals surface area contributed by atoms with Crippen LogP contribution in [0, 0.1) is 12.8 Å². The van der Waals surface area contributed by atoms with Gasteiger partial charge in [-0.1, -0.05) is 0 Å². The van der Waals surface area contributed by atoms with Crippen LogP contribution >= 0.6 is 0 Å². The van der Waals surface area contributed by atoms with E-state index in [0.29, 0.717) is 25.5 Å². The number of aromatic nitrogens is 2. The van der Waals surface area contributed by atoms with Crippen LogP contribution in [0.2, 0.25) is 0 Å². The smallest absolute Gasteiger partial charge is 0.225 e. The maximum absolute atomic E-state index is 12.4. The van der Waals surface area contributed by atoms with Gasteiger partial charge >= 0.3 is 0 Å². The minimum absolute atomic E-state index is 0.0220. The number of nitrogens with zero attached hydrogens (tertiary/aromatic N) is 4. The zero-order valence-electron chi connectivity index (χ0n) is 14.9. The molecule has 1 unspecified atom stereocenters. The molecule has 0 radical (unpaired) electrons. The predicted molar refractivity (Wildman–Crippen MR) is 95.1 cm³/mol. The van der Waals surface area contributed by atoms with Crippen molar-refractivity contribution in [2.45, 2.75) is 39.0 Å². The topological polar surface area (TPSA) is 78.4 Å². The van der Waals surface area contributed by atoms with Crippen molar-refractivity contribution in [3.63, 3.8) is 0 Å². The lowest BCUT2D eigenvalue weighted by atomic mass is 9.97. The predicted octanol–water partition coefficient (Wildman–Crippen LogP) is 1.13. The van der Waals surface area contributed by atoms with Gasteiger partial charge in [-0.2, -0.15) is 0 Å². The quantitative estimate of drug-likeness (QED) is 0.782. The summed E-state index contributed by atoms with van der Waals surface area (Å²) in [6.45, 7) is 5.74. The van der Waals surface area contributed by atoms with Crippen LogP contribution in [0.4, 0.5) is 5.95 Å². The van der Waals surface area contributed by atoms with E-state index in [4.69, 9.17) is 0 Å². The molecule has 1 aromatic rings. The Morgan fingerprint density at radius 3 is 3.00 bits per heavy atom. The van der Waals surface area contributed by atoms with Gasteiger partial charge in [-0.3, -0.25) is 9.59 Å². The van der Waals surface area contributed by atoms with Gasteiger partial charge in [-0.05, 0) is 38.7 Å². The Balaban J connectivity index is 1.43. The van der Waals surface area contributed by atoms with Crippen molar-refractivity contribution in [3.8, 4) is 0 Å². The van der Waals surface area contributed by atoms with Gasteiger partial charge in [-0.25, -0.2) is 9.97 Å². The van der Waals surface area contributed by atoms with Crippen molar-refractivity contribution in [1.29, 1.82) is 0 Å². The molecular weight excluding hydrogens is 318 g/mol. The molecule has 7 heteroatoms. The molecular formula is C18H27N5O2. The monoisotopic (exact) mass is 345 g/mol. The summed E-state index contributed by atoms with van der Waals surface area (Å²) >= 11 is 0. The first-order valence-electron chi connectivity index (χ1n) is 9.23. The average molecular weight is 345 g/mol. The van der Waals surface area contributed by atoms with Gasteiger partial charge in [0.25, 0.3) is 0 Å². The van der Waals surface area contributed by atoms with E-state index in [-0.39, 0.29) is 17.7 Å². The standard InChI is InChI=1S/C18H27N5O2/c1-14-7-9-20-18(21-14)23-11-2-5-15(13-23)17(25)19-8-4-12-22-10-3-6-16(22)24/h7,9,15H,2-6,8,10-13H2,1H3,(H,19,25). The lowest BCUT2D eigenvalue weighted by molar-refractivity contribution is -0.127. The van der Waals surface area contributed by atoms with Crippen LogP contribution in [-0.2, 0) is 9.59 Å². The Morgan fingerprint density at radius 2 is 2.24 bits per heavy atom. The zero-order valence-corrected chi connectivity index (χ0v) is 14.9. The van der Waals surface area contributed by atoms with E-state index in [1.54, 1.807) is 6.20 Å². The third-order valence-electron chi connectivity index (χ3n) is 4.93. The molecule has 3 heterocycles. The van der Waals surface area contributed by atoms with Crippen molar-refractivity contribution in [3.05, 3.63) is 18.0 Å². The molecule has 2 aliphatic rings. The van der Waals surface area contributed by atoms with Gasteiger partial charge in [0, 0.05) is 51.0 Å². The number of aryl methyl sites for hydroxylation is 1. The molecule has 0 aromatic carbocycles. The highest BCUT2D eigenvalue weighted by Crippen LogP contribution is 2.20. The Bertz CT molecular complexity index is 621. The summed E-state index contributed by atoms with van der Waals surface area (Å²) in [4.78, 5) is 36.8. The molecule has 3 rings (SSSR count). The summed E-state index contributed by atoms with van der Waals surface area (Å²) in [5.41, 5.74) is 0.938. The van der Waals surface area contributed by atoms with Crippen LogP contribution in [0.1, 0.15) is 37.8 Å². The molecule has 25 heavy (non-hydrogen) atoms. The fourth-order valence-electron chi connectivity index (χ4n) is 3.53. The maximum Gasteiger partial charge on any atom is 0.225 e. The molecule has 1 atom stereocenters. The number of nitrogens with one attached hydrogen (secondary N) is 1. The fourth-order valence-corrected chi connectivity index (χ4v) is 3.53. The Hall–Kier alpha value is -2.18. The number of anilines is 1. The number of rotatable bonds is 6. The first-order chi connectivity index (χ1) is 12.1. The zero-order chi connectivity index (χ0) is 17.6. The molecule has 1 aromatic heterocycles. The Kier molecular flexibility index (Phi) is 5.83. The molecule has 2 fully saturated rings. The van der Waals surface area contributed by atoms with Crippen molar-refractivity contribution in [1.82, 2.24) is 20.2 Å². The summed E-state index contributed by atoms with van der Waals surface area (Å²) < 4.78 is 0. The molecule has 136 valence electrons. The highest BCUT2D eigenvalue weighted by molar-refractivity contribution is 5.79. The van der Waals surface area contributed by atoms with Crippen LogP contribution in [0.15, 0.2) is 12.3 Å². The number of piperidine rings is 1. The second-order valence-electron chi connectivity index (χ2n) is 6.91. The number of carbonyl (C=O) groups is 2. The van der Waals surface area contributed by atoms with Crippen LogP contribution < -0.4 is 10.2 Å². The van der Waals surface area contributed by atoms with Crippen molar-refractivity contribution >= 4 is 17.8 Å². The van der Waals surface area contributed by atoms with E-state index in [1.807, 2.05) is 17.9 Å². The minimum Gasteiger partial charge on any atom is -0.356 e. The summed E-state index contributed by atoms with van der Waals surface area (Å²) in [5.74, 6) is 1.04. The van der Waals surface area contributed by atoms with Crippen molar-refractivity contribution < 1.29 is 9.59 Å². The lowest BCUT2D eigenvalue weighted by Gasteiger charge is -2.32. The molecule has 0 aliphatic carbocycles. The lowest BCUT2D eigenvalue weighted by Crippen LogP contribution is -2.44. The molecule has 2 aliphatic heterocycles. The normalized spacial score (nSPS) is 20.8. The first kappa shape index (κ1) is 17.6. The molecule has 0 spiro atoms. The molecule has 7 nitrogen and oxygen atoms in total. The molecule has 1 N–H and O–H groups in total. The highest BCUT2D eigenvalue weighted by Gasteiger charge is 2.27. The summed E-state index contributed by atoms with van der Waals surface area (Å²) in [7, 11) is 0. The van der Waals surface area contributed by atoms with Gasteiger partial charge in [0.05, 0.1) is 5.92 Å². The Morgan fingerprint density at radius 1 is 1.36 bits per heavy atom. The third-order valence-corrected chi connectivity index (χ3v) is 4.93. The van der Waals surface area contributed by atoms with E-state index >= 15 is 0 Å². The highest BCUT2D eigenvalue weighted by atomic mass is 16.2. The van der Waals surface area contributed by atoms with E-state index in [1.165, 1.54) is 0 Å². The second-order valence-corrected chi connectivity index (χ2v) is 6.91. The largest absolute Gasteiger partial charge is 0.356 e. The third kappa shape index (κ3) is 4.67. The fraction of sp³-hybridized carbons (Fsp3) is 0.667. The Labute approximate surface area is 148 Å². The molecule has 2 amide bonds. The van der Waals surface area contributed by atoms with E-state index in [0.717, 1.165) is 51.0 Å². The van der Waals surface area contributed by atoms with Crippen LogP contribution in [-0.4, -0.2) is 59.4 Å². The number of carbonyl (C=O) groups excluding carboxylic acids is 2. The maximum atomic E-state index is 12.4. The number of amides is 2. The SMILES string of the molecule is Cc1ccnc(N2CCCC(C(=O)NCCCN3CCCC3=O)C2)n1. The van der Waals surface area contributed by atoms with Crippen molar-refractivity contribution in [2.24, 2.45) is 5.92 Å². The van der Waals surface area contributed by atoms with E-state index in [2.05, 4.69) is 20.2 Å². The van der Waals surface area contributed by atoms with Gasteiger partial charge in [0.1, 0.15) is 0 Å². The van der Waals surface area contributed by atoms with Gasteiger partial charge in [0.2, 0.25) is 17.8 Å². The van der Waals surface area contributed by atoms with Crippen LogP contribution in [0.5, 0.6) is 0 Å². The second kappa shape index (κ2) is 8.27. The summed E-state index contributed by atoms with van der Waals surface area (Å²) in [5, 5.41) is 3.03. The minimum atomic E-state index is -0.0220. The van der Waals surface area contributed by atoms with Crippen LogP contribution in [0.25, 0.3) is 0 Å². The van der Waals surface area contributed by atoms with Crippen molar-refractivity contribution in [2.75, 3.05) is 37.6 Å². The van der Waals surface area contributed by atoms with Gasteiger partial charge in [-0.15, -0.1) is 0 Å². The molecule has 2 saturated heterocycles. The summed E-state index contributed by atoms with van der Waals surface area (Å²) in [6.07, 6.45) is 6.09. The van der Waals surface area contributed by atoms with Gasteiger partial charge < -0.3 is 15.1 Å². The summed E-state index contributed by atoms with van der Waals surface area (Å²) in [6, 6.07) is 1.88. The molecule has 0 saturated carbocycles. The number of likely N-dealkylation sites (tertiary alicyclic amines) is 1. The molecule has 0 bridgehead atoms. The number of hydrogen-bond acceptors (Lipinski definition) is 5. The van der Waals surface area contributed by atoms with E-state index in [9.17, 15) is 9.59 Å². The first-order valence-corrected chi connectivity index (χ1v) is 9.23. The van der Waals surface area contributed by atoms with Crippen LogP contribution in [0.3, 0.4) is 0 Å². The average Bonchev–Trinajstić information content (AvgIpc) is 3.03. The van der Waals surface area contributed by atoms with E-state index < -0.39 is 0 Å². The van der Waals surface area contributed by atoms with Gasteiger partial charge in [0.15, 0.2) is 0 Å². The number of hydrogen-bond donors (Lipinski definition) is 1.